The third kappa shape index (κ3) is 3.28. The third-order valence-electron chi connectivity index (χ3n) is 3.36. The number of carbonyl (C=O) groups is 1. The quantitative estimate of drug-likeness (QED) is 0.810. The third-order valence-corrected chi connectivity index (χ3v) is 3.36. The summed E-state index contributed by atoms with van der Waals surface area (Å²) in [4.78, 5) is 23.8. The molecule has 0 saturated heterocycles. The van der Waals surface area contributed by atoms with E-state index in [-0.39, 0.29) is 11.3 Å². The summed E-state index contributed by atoms with van der Waals surface area (Å²) in [5, 5.41) is 0. The molecule has 1 aromatic heterocycles. The summed E-state index contributed by atoms with van der Waals surface area (Å²) in [5.41, 5.74) is 0.0648. The number of nitrogens with zero attached hydrogens (tertiary/aromatic N) is 1. The van der Waals surface area contributed by atoms with Crippen LogP contribution in [0.25, 0.3) is 11.1 Å². The number of halogens is 3. The van der Waals surface area contributed by atoms with E-state index in [1.807, 2.05) is 0 Å². The highest BCUT2D eigenvalue weighted by Crippen LogP contribution is 2.26. The van der Waals surface area contributed by atoms with Gasteiger partial charge in [0.15, 0.2) is 0 Å². The number of pyridine rings is 1. The Balaban J connectivity index is 2.60. The van der Waals surface area contributed by atoms with Gasteiger partial charge in [-0.25, -0.2) is 18.0 Å². The molecule has 0 aliphatic rings. The molecule has 7 heteroatoms. The van der Waals surface area contributed by atoms with Gasteiger partial charge in [-0.05, 0) is 30.2 Å². The molecule has 4 nitrogen and oxygen atoms in total. The van der Waals surface area contributed by atoms with Crippen LogP contribution in [0.3, 0.4) is 0 Å². The van der Waals surface area contributed by atoms with Crippen LogP contribution in [0.15, 0.2) is 41.2 Å². The van der Waals surface area contributed by atoms with Crippen LogP contribution < -0.4 is 5.56 Å². The van der Waals surface area contributed by atoms with Crippen molar-refractivity contribution in [2.45, 2.75) is 19.6 Å². The largest absolute Gasteiger partial charge is 0.465 e. The number of hydrogen-bond acceptors (Lipinski definition) is 3. The summed E-state index contributed by atoms with van der Waals surface area (Å²) >= 11 is 0. The van der Waals surface area contributed by atoms with Crippen LogP contribution in [0.5, 0.6) is 0 Å². The van der Waals surface area contributed by atoms with Crippen LogP contribution in [-0.4, -0.2) is 24.1 Å². The van der Waals surface area contributed by atoms with E-state index >= 15 is 0 Å². The second-order valence-electron chi connectivity index (χ2n) is 4.84. The van der Waals surface area contributed by atoms with E-state index in [1.54, 1.807) is 18.2 Å². The van der Waals surface area contributed by atoms with Crippen molar-refractivity contribution in [2.24, 2.45) is 0 Å². The lowest BCUT2D eigenvalue weighted by atomic mass is 10.00. The first kappa shape index (κ1) is 16.8. The van der Waals surface area contributed by atoms with E-state index in [2.05, 4.69) is 4.74 Å². The number of aryl methyl sites for hydroxylation is 1. The SMILES string of the molecule is COC(=O)c1ccccc1-c1cc(C)n(C(F)C(F)F)c(=O)c1. The molecule has 0 amide bonds. The first-order chi connectivity index (χ1) is 10.9. The maximum atomic E-state index is 13.5. The number of alkyl halides is 3. The molecule has 0 aliphatic heterocycles. The van der Waals surface area contributed by atoms with E-state index < -0.39 is 24.2 Å². The van der Waals surface area contributed by atoms with E-state index in [1.165, 1.54) is 26.2 Å². The molecule has 0 aliphatic carbocycles. The maximum Gasteiger partial charge on any atom is 0.338 e. The standard InChI is InChI=1S/C16H14F3NO3/c1-9-7-10(8-13(21)20(9)15(19)14(17)18)11-5-3-4-6-12(11)16(22)23-2/h3-8,14-15H,1-2H3. The molecular formula is C16H14F3NO3. The highest BCUT2D eigenvalue weighted by molar-refractivity contribution is 5.97. The summed E-state index contributed by atoms with van der Waals surface area (Å²) in [6.45, 7) is 1.35. The monoisotopic (exact) mass is 325 g/mol. The Kier molecular flexibility index (Phi) is 4.88. The number of aromatic nitrogens is 1. The van der Waals surface area contributed by atoms with Crippen LogP contribution in [0, 0.1) is 6.92 Å². The minimum absolute atomic E-state index is 0.0277. The fourth-order valence-corrected chi connectivity index (χ4v) is 2.32. The van der Waals surface area contributed by atoms with Crippen molar-refractivity contribution < 1.29 is 22.7 Å². The van der Waals surface area contributed by atoms with Crippen molar-refractivity contribution in [1.82, 2.24) is 4.57 Å². The van der Waals surface area contributed by atoms with Crippen molar-refractivity contribution in [2.75, 3.05) is 7.11 Å². The summed E-state index contributed by atoms with van der Waals surface area (Å²) in [7, 11) is 1.22. The number of benzene rings is 1. The zero-order valence-corrected chi connectivity index (χ0v) is 12.4. The van der Waals surface area contributed by atoms with Crippen molar-refractivity contribution in [3.63, 3.8) is 0 Å². The summed E-state index contributed by atoms with van der Waals surface area (Å²) in [6.07, 6.45) is -6.02. The van der Waals surface area contributed by atoms with Gasteiger partial charge < -0.3 is 4.74 Å². The molecule has 1 heterocycles. The average molecular weight is 325 g/mol. The highest BCUT2D eigenvalue weighted by atomic mass is 19.3. The zero-order chi connectivity index (χ0) is 17.1. The van der Waals surface area contributed by atoms with Gasteiger partial charge in [0.2, 0.25) is 6.30 Å². The van der Waals surface area contributed by atoms with Gasteiger partial charge in [0.1, 0.15) is 0 Å². The second-order valence-corrected chi connectivity index (χ2v) is 4.84. The van der Waals surface area contributed by atoms with Gasteiger partial charge >= 0.3 is 5.97 Å². The molecule has 0 saturated carbocycles. The van der Waals surface area contributed by atoms with Gasteiger partial charge in [-0.15, -0.1) is 0 Å². The summed E-state index contributed by atoms with van der Waals surface area (Å²) in [5.74, 6) is -0.599. The minimum Gasteiger partial charge on any atom is -0.465 e. The van der Waals surface area contributed by atoms with Gasteiger partial charge in [0, 0.05) is 11.8 Å². The maximum absolute atomic E-state index is 13.5. The van der Waals surface area contributed by atoms with Crippen molar-refractivity contribution in [3.05, 3.63) is 58.0 Å². The van der Waals surface area contributed by atoms with Crippen molar-refractivity contribution >= 4 is 5.97 Å². The van der Waals surface area contributed by atoms with Crippen LogP contribution >= 0.6 is 0 Å². The van der Waals surface area contributed by atoms with Crippen LogP contribution in [0.4, 0.5) is 13.2 Å². The normalized spacial score (nSPS) is 12.3. The van der Waals surface area contributed by atoms with Crippen LogP contribution in [0.2, 0.25) is 0 Å². The molecule has 1 aromatic carbocycles. The first-order valence-electron chi connectivity index (χ1n) is 6.70. The van der Waals surface area contributed by atoms with Crippen LogP contribution in [-0.2, 0) is 4.74 Å². The number of rotatable bonds is 4. The second kappa shape index (κ2) is 6.68. The van der Waals surface area contributed by atoms with E-state index in [9.17, 15) is 22.8 Å². The molecule has 23 heavy (non-hydrogen) atoms. The molecular weight excluding hydrogens is 311 g/mol. The molecule has 1 atom stereocenters. The van der Waals surface area contributed by atoms with E-state index in [0.717, 1.165) is 6.07 Å². The Labute approximate surface area is 130 Å². The molecule has 0 radical (unpaired) electrons. The average Bonchev–Trinajstić information content (AvgIpc) is 2.53. The highest BCUT2D eigenvalue weighted by Gasteiger charge is 2.24. The van der Waals surface area contributed by atoms with Gasteiger partial charge in [0.25, 0.3) is 12.0 Å². The lowest BCUT2D eigenvalue weighted by Crippen LogP contribution is -2.28. The first-order valence-corrected chi connectivity index (χ1v) is 6.70. The van der Waals surface area contributed by atoms with Gasteiger partial charge in [-0.1, -0.05) is 18.2 Å². The van der Waals surface area contributed by atoms with Crippen molar-refractivity contribution in [1.29, 1.82) is 0 Å². The number of esters is 1. The number of methoxy groups -OCH3 is 1. The van der Waals surface area contributed by atoms with Crippen molar-refractivity contribution in [3.8, 4) is 11.1 Å². The fraction of sp³-hybridized carbons (Fsp3) is 0.250. The zero-order valence-electron chi connectivity index (χ0n) is 12.4. The van der Waals surface area contributed by atoms with E-state index in [0.29, 0.717) is 15.7 Å². The van der Waals surface area contributed by atoms with Gasteiger partial charge in [-0.3, -0.25) is 9.36 Å². The van der Waals surface area contributed by atoms with Gasteiger partial charge in [0.05, 0.1) is 12.7 Å². The molecule has 1 unspecified atom stereocenters. The summed E-state index contributed by atoms with van der Waals surface area (Å²) in [6, 6.07) is 8.77. The Hall–Kier alpha value is -2.57. The molecule has 2 rings (SSSR count). The van der Waals surface area contributed by atoms with Gasteiger partial charge in [-0.2, -0.15) is 0 Å². The smallest absolute Gasteiger partial charge is 0.338 e. The number of hydrogen-bond donors (Lipinski definition) is 0. The molecule has 0 bridgehead atoms. The number of carbonyl (C=O) groups excluding carboxylic acids is 1. The topological polar surface area (TPSA) is 48.3 Å². The Bertz CT molecular complexity index is 786. The lowest BCUT2D eigenvalue weighted by Gasteiger charge is -2.16. The van der Waals surface area contributed by atoms with Crippen LogP contribution in [0.1, 0.15) is 22.3 Å². The molecule has 0 spiro atoms. The lowest BCUT2D eigenvalue weighted by molar-refractivity contribution is 0.00482. The Morgan fingerprint density at radius 3 is 2.39 bits per heavy atom. The predicted octanol–water partition coefficient (Wildman–Crippen LogP) is 3.34. The number of ether oxygens (including phenoxy) is 1. The Morgan fingerprint density at radius 2 is 1.83 bits per heavy atom. The molecule has 0 fully saturated rings. The summed E-state index contributed by atoms with van der Waals surface area (Å²) < 4.78 is 43.6. The minimum atomic E-state index is -3.31. The molecule has 122 valence electrons. The molecule has 0 N–H and O–H groups in total. The van der Waals surface area contributed by atoms with E-state index in [4.69, 9.17) is 0 Å². The fourth-order valence-electron chi connectivity index (χ4n) is 2.32. The molecule has 2 aromatic rings. The predicted molar refractivity (Wildman–Crippen MR) is 78.4 cm³/mol. The Morgan fingerprint density at radius 1 is 1.17 bits per heavy atom.